The van der Waals surface area contributed by atoms with Gasteiger partial charge in [-0.05, 0) is 121 Å². The average Bonchev–Trinajstić information content (AvgIpc) is 2.69. The van der Waals surface area contributed by atoms with Gasteiger partial charge in [-0.25, -0.2) is 0 Å². The molecular weight excluding hydrogens is 376 g/mol. The molecule has 0 saturated heterocycles. The summed E-state index contributed by atoms with van der Waals surface area (Å²) in [5.41, 5.74) is 3.43. The molecule has 1 nitrogen and oxygen atoms in total. The van der Waals surface area contributed by atoms with E-state index >= 15 is 0 Å². The molecule has 0 radical (unpaired) electrons. The third-order valence-electron chi connectivity index (χ3n) is 13.6. The lowest BCUT2D eigenvalue weighted by molar-refractivity contribution is -0.251. The summed E-state index contributed by atoms with van der Waals surface area (Å²) in [7, 11) is 0. The number of aliphatic hydroxyl groups is 1. The fourth-order valence-corrected chi connectivity index (χ4v) is 11.4. The molecule has 31 heavy (non-hydrogen) atoms. The predicted octanol–water partition coefficient (Wildman–Crippen LogP) is 8.02. The van der Waals surface area contributed by atoms with Gasteiger partial charge in [-0.15, -0.1) is 0 Å². The van der Waals surface area contributed by atoms with Gasteiger partial charge in [0.2, 0.25) is 0 Å². The van der Waals surface area contributed by atoms with Crippen molar-refractivity contribution in [3.8, 4) is 0 Å². The van der Waals surface area contributed by atoms with E-state index in [0.29, 0.717) is 33.5 Å². The van der Waals surface area contributed by atoms with Crippen LogP contribution in [0.2, 0.25) is 0 Å². The molecule has 5 rings (SSSR count). The Bertz CT molecular complexity index is 766. The molecule has 0 aromatic rings. The molecular formula is C30H50O. The highest BCUT2D eigenvalue weighted by Crippen LogP contribution is 2.76. The molecule has 0 amide bonds. The topological polar surface area (TPSA) is 20.2 Å². The Balaban J connectivity index is 1.54. The summed E-state index contributed by atoms with van der Waals surface area (Å²) < 4.78 is 0. The highest BCUT2D eigenvalue weighted by atomic mass is 16.3. The van der Waals surface area contributed by atoms with Gasteiger partial charge in [0.25, 0.3) is 0 Å². The SMILES string of the molecule is C=C1CC[C@]2(C)CC[C@]3(C)[C@H](CC[C@@H]4[C@@]5(C)CC[C@@H](O)C(C)(C)[C@@H]5CC[C@]43C)[C@H]2[C@@H]1C. The second kappa shape index (κ2) is 6.64. The van der Waals surface area contributed by atoms with Crippen LogP contribution in [0.25, 0.3) is 0 Å². The second-order valence-corrected chi connectivity index (χ2v) is 14.7. The molecule has 0 bridgehead atoms. The minimum Gasteiger partial charge on any atom is -0.393 e. The van der Waals surface area contributed by atoms with Gasteiger partial charge in [0, 0.05) is 0 Å². The molecule has 5 aliphatic carbocycles. The summed E-state index contributed by atoms with van der Waals surface area (Å²) >= 11 is 0. The average molecular weight is 427 g/mol. The number of fused-ring (bicyclic) bond motifs is 7. The molecule has 0 unspecified atom stereocenters. The van der Waals surface area contributed by atoms with Crippen molar-refractivity contribution in [1.82, 2.24) is 0 Å². The van der Waals surface area contributed by atoms with Crippen LogP contribution in [0.1, 0.15) is 113 Å². The van der Waals surface area contributed by atoms with E-state index in [0.717, 1.165) is 24.2 Å². The molecule has 176 valence electrons. The Kier molecular flexibility index (Phi) is 4.82. The van der Waals surface area contributed by atoms with Gasteiger partial charge < -0.3 is 5.11 Å². The zero-order valence-electron chi connectivity index (χ0n) is 21.7. The molecule has 0 aliphatic heterocycles. The van der Waals surface area contributed by atoms with Crippen LogP contribution in [0.5, 0.6) is 0 Å². The molecule has 0 aromatic carbocycles. The number of allylic oxidation sites excluding steroid dienone is 1. The minimum absolute atomic E-state index is 0.0623. The van der Waals surface area contributed by atoms with E-state index in [1.54, 1.807) is 0 Å². The van der Waals surface area contributed by atoms with Crippen molar-refractivity contribution in [3.63, 3.8) is 0 Å². The van der Waals surface area contributed by atoms with Crippen molar-refractivity contribution < 1.29 is 5.11 Å². The maximum absolute atomic E-state index is 10.9. The van der Waals surface area contributed by atoms with Crippen LogP contribution in [0.15, 0.2) is 12.2 Å². The van der Waals surface area contributed by atoms with Gasteiger partial charge in [0.15, 0.2) is 0 Å². The maximum Gasteiger partial charge on any atom is 0.0594 e. The van der Waals surface area contributed by atoms with Gasteiger partial charge >= 0.3 is 0 Å². The first-order valence-electron chi connectivity index (χ1n) is 13.7. The Morgan fingerprint density at radius 1 is 0.774 bits per heavy atom. The lowest BCUT2D eigenvalue weighted by Crippen LogP contribution is -2.67. The smallest absolute Gasteiger partial charge is 0.0594 e. The molecule has 5 saturated carbocycles. The van der Waals surface area contributed by atoms with Crippen LogP contribution in [0.4, 0.5) is 0 Å². The Morgan fingerprint density at radius 3 is 2.19 bits per heavy atom. The zero-order chi connectivity index (χ0) is 22.6. The van der Waals surface area contributed by atoms with Crippen molar-refractivity contribution in [2.75, 3.05) is 0 Å². The van der Waals surface area contributed by atoms with Crippen molar-refractivity contribution in [2.24, 2.45) is 56.7 Å². The van der Waals surface area contributed by atoms with Crippen molar-refractivity contribution >= 4 is 0 Å². The minimum atomic E-state index is -0.119. The lowest BCUT2D eigenvalue weighted by atomic mass is 9.31. The van der Waals surface area contributed by atoms with Crippen LogP contribution in [0.3, 0.4) is 0 Å². The first kappa shape index (κ1) is 22.5. The molecule has 1 N–H and O–H groups in total. The molecule has 0 spiro atoms. The molecule has 1 heteroatoms. The molecule has 10 atom stereocenters. The predicted molar refractivity (Wildman–Crippen MR) is 131 cm³/mol. The summed E-state index contributed by atoms with van der Waals surface area (Å²) in [4.78, 5) is 0. The Hall–Kier alpha value is -0.300. The zero-order valence-corrected chi connectivity index (χ0v) is 21.7. The van der Waals surface area contributed by atoms with Crippen molar-refractivity contribution in [1.29, 1.82) is 0 Å². The standard InChI is InChI=1S/C30H50O/c1-19-11-14-27(5)17-18-29(7)21(25(27)20(19)2)9-10-23-28(6)15-13-24(31)26(3,4)22(28)12-16-30(23,29)8/h20-25,31H,1,9-18H2,2-8H3/t20-,21-,22+,23-,24-,25-,27-,28+,29-,30-/m1/s1. The van der Waals surface area contributed by atoms with E-state index in [2.05, 4.69) is 55.0 Å². The largest absolute Gasteiger partial charge is 0.393 e. The first-order valence-corrected chi connectivity index (χ1v) is 13.7. The maximum atomic E-state index is 10.9. The highest BCUT2D eigenvalue weighted by molar-refractivity contribution is 5.21. The first-order chi connectivity index (χ1) is 14.3. The number of aliphatic hydroxyl groups excluding tert-OH is 1. The third kappa shape index (κ3) is 2.65. The van der Waals surface area contributed by atoms with E-state index in [1.807, 2.05) is 0 Å². The monoisotopic (exact) mass is 426 g/mol. The lowest BCUT2D eigenvalue weighted by Gasteiger charge is -2.73. The molecule has 0 heterocycles. The third-order valence-corrected chi connectivity index (χ3v) is 13.6. The van der Waals surface area contributed by atoms with E-state index in [4.69, 9.17) is 0 Å². The fourth-order valence-electron chi connectivity index (χ4n) is 11.4. The van der Waals surface area contributed by atoms with Crippen LogP contribution in [-0.2, 0) is 0 Å². The fraction of sp³-hybridized carbons (Fsp3) is 0.933. The summed E-state index contributed by atoms with van der Waals surface area (Å²) in [6.45, 7) is 22.6. The van der Waals surface area contributed by atoms with Gasteiger partial charge in [-0.3, -0.25) is 0 Å². The van der Waals surface area contributed by atoms with Gasteiger partial charge in [-0.2, -0.15) is 0 Å². The second-order valence-electron chi connectivity index (χ2n) is 14.7. The number of rotatable bonds is 0. The number of hydrogen-bond acceptors (Lipinski definition) is 1. The van der Waals surface area contributed by atoms with E-state index < -0.39 is 0 Å². The van der Waals surface area contributed by atoms with Crippen LogP contribution >= 0.6 is 0 Å². The highest BCUT2D eigenvalue weighted by Gasteiger charge is 2.69. The quantitative estimate of drug-likeness (QED) is 0.389. The van der Waals surface area contributed by atoms with Gasteiger partial charge in [0.1, 0.15) is 0 Å². The van der Waals surface area contributed by atoms with Crippen LogP contribution in [0, 0.1) is 56.7 Å². The van der Waals surface area contributed by atoms with Crippen molar-refractivity contribution in [2.45, 2.75) is 119 Å². The summed E-state index contributed by atoms with van der Waals surface area (Å²) in [5, 5.41) is 10.9. The molecule has 5 aliphatic rings. The Labute approximate surface area is 192 Å². The van der Waals surface area contributed by atoms with E-state index in [-0.39, 0.29) is 11.5 Å². The van der Waals surface area contributed by atoms with Crippen LogP contribution in [-0.4, -0.2) is 11.2 Å². The summed E-state index contributed by atoms with van der Waals surface area (Å²) in [5.74, 6) is 3.88. The van der Waals surface area contributed by atoms with Gasteiger partial charge in [0.05, 0.1) is 6.10 Å². The normalized spacial score (nSPS) is 58.5. The Morgan fingerprint density at radius 2 is 1.48 bits per heavy atom. The number of hydrogen-bond donors (Lipinski definition) is 1. The van der Waals surface area contributed by atoms with Crippen molar-refractivity contribution in [3.05, 3.63) is 12.2 Å². The summed E-state index contributed by atoms with van der Waals surface area (Å²) in [6, 6.07) is 0. The summed E-state index contributed by atoms with van der Waals surface area (Å²) in [6.07, 6.45) is 13.2. The van der Waals surface area contributed by atoms with Gasteiger partial charge in [-0.1, -0.05) is 60.6 Å². The molecule has 0 aromatic heterocycles. The molecule has 5 fully saturated rings. The van der Waals surface area contributed by atoms with E-state index in [1.165, 1.54) is 63.4 Å². The van der Waals surface area contributed by atoms with Crippen LogP contribution < -0.4 is 0 Å². The van der Waals surface area contributed by atoms with E-state index in [9.17, 15) is 5.11 Å².